The van der Waals surface area contributed by atoms with E-state index in [-0.39, 0.29) is 24.0 Å². The molecule has 6 heteroatoms. The first kappa shape index (κ1) is 21.9. The van der Waals surface area contributed by atoms with Crippen molar-refractivity contribution >= 4 is 29.9 Å². The minimum Gasteiger partial charge on any atom is -0.378 e. The summed E-state index contributed by atoms with van der Waals surface area (Å²) in [6.07, 6.45) is 3.81. The number of halogens is 1. The van der Waals surface area contributed by atoms with Gasteiger partial charge in [0.1, 0.15) is 0 Å². The molecule has 1 saturated heterocycles. The molecule has 1 fully saturated rings. The van der Waals surface area contributed by atoms with Gasteiger partial charge in [0, 0.05) is 33.3 Å². The Morgan fingerprint density at radius 2 is 1.86 bits per heavy atom. The summed E-state index contributed by atoms with van der Waals surface area (Å²) in [4.78, 5) is 9.23. The van der Waals surface area contributed by atoms with E-state index in [1.54, 1.807) is 0 Å². The average molecular weight is 426 g/mol. The molecule has 132 valence electrons. The molecule has 0 aromatic heterocycles. The molecule has 1 aliphatic heterocycles. The molecule has 0 unspecified atom stereocenters. The molecule has 1 N–H and O–H groups in total. The van der Waals surface area contributed by atoms with Gasteiger partial charge in [0.2, 0.25) is 0 Å². The number of likely N-dealkylation sites (tertiary alicyclic amines) is 1. The number of ether oxygens (including phenoxy) is 1. The van der Waals surface area contributed by atoms with Crippen molar-refractivity contribution in [2.75, 3.05) is 52.9 Å². The van der Waals surface area contributed by atoms with Crippen molar-refractivity contribution in [3.63, 3.8) is 0 Å². The molecular formula is C16H35IN4O. The minimum atomic E-state index is 0. The first-order chi connectivity index (χ1) is 10.2. The highest BCUT2D eigenvalue weighted by molar-refractivity contribution is 14.0. The molecular weight excluding hydrogens is 391 g/mol. The van der Waals surface area contributed by atoms with E-state index in [1.165, 1.54) is 0 Å². The van der Waals surface area contributed by atoms with E-state index in [1.807, 2.05) is 7.05 Å². The highest BCUT2D eigenvalue weighted by Gasteiger charge is 2.21. The second kappa shape index (κ2) is 13.4. The van der Waals surface area contributed by atoms with E-state index in [4.69, 9.17) is 4.74 Å². The Kier molecular flexibility index (Phi) is 13.3. The van der Waals surface area contributed by atoms with Crippen LogP contribution in [0.5, 0.6) is 0 Å². The number of aliphatic imine (C=N–C) groups is 1. The summed E-state index contributed by atoms with van der Waals surface area (Å²) in [5, 5.41) is 3.50. The van der Waals surface area contributed by atoms with Crippen LogP contribution in [0.2, 0.25) is 0 Å². The molecule has 0 radical (unpaired) electrons. The largest absolute Gasteiger partial charge is 0.378 e. The van der Waals surface area contributed by atoms with Crippen molar-refractivity contribution in [2.24, 2.45) is 4.99 Å². The van der Waals surface area contributed by atoms with Crippen LogP contribution >= 0.6 is 24.0 Å². The van der Waals surface area contributed by atoms with Crippen molar-refractivity contribution in [3.8, 4) is 0 Å². The van der Waals surface area contributed by atoms with Crippen LogP contribution < -0.4 is 5.32 Å². The second-order valence-corrected chi connectivity index (χ2v) is 5.50. The van der Waals surface area contributed by atoms with E-state index in [0.717, 1.165) is 71.1 Å². The maximum atomic E-state index is 5.70. The number of hydrogen-bond donors (Lipinski definition) is 1. The predicted molar refractivity (Wildman–Crippen MR) is 105 cm³/mol. The van der Waals surface area contributed by atoms with Crippen molar-refractivity contribution < 1.29 is 4.74 Å². The number of piperidine rings is 1. The Morgan fingerprint density at radius 1 is 1.23 bits per heavy atom. The van der Waals surface area contributed by atoms with Gasteiger partial charge in [-0.2, -0.15) is 0 Å². The van der Waals surface area contributed by atoms with Gasteiger partial charge in [-0.25, -0.2) is 0 Å². The monoisotopic (exact) mass is 426 g/mol. The first-order valence-corrected chi connectivity index (χ1v) is 8.54. The normalized spacial score (nSPS) is 16.8. The molecule has 0 amide bonds. The smallest absolute Gasteiger partial charge is 0.193 e. The summed E-state index contributed by atoms with van der Waals surface area (Å²) in [5.41, 5.74) is 0. The summed E-state index contributed by atoms with van der Waals surface area (Å²) in [5.74, 6) is 1.05. The zero-order chi connectivity index (χ0) is 15.5. The number of rotatable bonds is 8. The van der Waals surface area contributed by atoms with Gasteiger partial charge in [-0.05, 0) is 45.8 Å². The van der Waals surface area contributed by atoms with Crippen LogP contribution in [0.25, 0.3) is 0 Å². The fraction of sp³-hybridized carbons (Fsp3) is 0.938. The molecule has 1 aliphatic rings. The SMILES string of the molecule is CCOC1CCN(C(=NC)NCCCN(CC)CC)CC1.I. The Labute approximate surface area is 153 Å². The molecule has 1 rings (SSSR count). The highest BCUT2D eigenvalue weighted by Crippen LogP contribution is 2.13. The van der Waals surface area contributed by atoms with Crippen molar-refractivity contribution in [1.82, 2.24) is 15.1 Å². The molecule has 0 spiro atoms. The van der Waals surface area contributed by atoms with Crippen LogP contribution in [0.15, 0.2) is 4.99 Å². The number of hydrogen-bond acceptors (Lipinski definition) is 3. The van der Waals surface area contributed by atoms with Crippen LogP contribution in [-0.4, -0.2) is 74.8 Å². The fourth-order valence-corrected chi connectivity index (χ4v) is 2.84. The van der Waals surface area contributed by atoms with Gasteiger partial charge < -0.3 is 19.9 Å². The molecule has 0 aromatic rings. The van der Waals surface area contributed by atoms with Gasteiger partial charge in [-0.1, -0.05) is 13.8 Å². The Bertz CT molecular complexity index is 290. The molecule has 22 heavy (non-hydrogen) atoms. The maximum absolute atomic E-state index is 5.70. The number of guanidine groups is 1. The molecule has 0 atom stereocenters. The van der Waals surface area contributed by atoms with E-state index in [2.05, 4.69) is 40.9 Å². The van der Waals surface area contributed by atoms with Crippen LogP contribution in [-0.2, 0) is 4.74 Å². The minimum absolute atomic E-state index is 0. The average Bonchev–Trinajstić information content (AvgIpc) is 2.52. The zero-order valence-corrected chi connectivity index (χ0v) is 17.1. The van der Waals surface area contributed by atoms with Gasteiger partial charge >= 0.3 is 0 Å². The molecule has 1 heterocycles. The first-order valence-electron chi connectivity index (χ1n) is 8.54. The van der Waals surface area contributed by atoms with Crippen LogP contribution in [0.1, 0.15) is 40.0 Å². The summed E-state index contributed by atoms with van der Waals surface area (Å²) in [6, 6.07) is 0. The number of nitrogens with one attached hydrogen (secondary N) is 1. The standard InChI is InChI=1S/C16H34N4O.HI/c1-5-19(6-2)12-8-11-18-16(17-4)20-13-9-15(10-14-20)21-7-3;/h15H,5-14H2,1-4H3,(H,17,18);1H. The maximum Gasteiger partial charge on any atom is 0.193 e. The lowest BCUT2D eigenvalue weighted by atomic mass is 10.1. The van der Waals surface area contributed by atoms with E-state index in [9.17, 15) is 0 Å². The Balaban J connectivity index is 0.00000441. The Hall–Kier alpha value is -0.0800. The van der Waals surface area contributed by atoms with Gasteiger partial charge in [-0.3, -0.25) is 4.99 Å². The second-order valence-electron chi connectivity index (χ2n) is 5.50. The van der Waals surface area contributed by atoms with Crippen LogP contribution in [0.3, 0.4) is 0 Å². The predicted octanol–water partition coefficient (Wildman–Crippen LogP) is 2.41. The summed E-state index contributed by atoms with van der Waals surface area (Å²) in [6.45, 7) is 13.8. The van der Waals surface area contributed by atoms with Gasteiger partial charge in [0.05, 0.1) is 6.10 Å². The summed E-state index contributed by atoms with van der Waals surface area (Å²) < 4.78 is 5.70. The zero-order valence-electron chi connectivity index (χ0n) is 14.8. The van der Waals surface area contributed by atoms with E-state index in [0.29, 0.717) is 6.10 Å². The highest BCUT2D eigenvalue weighted by atomic mass is 127. The van der Waals surface area contributed by atoms with Crippen molar-refractivity contribution in [3.05, 3.63) is 0 Å². The third-order valence-electron chi connectivity index (χ3n) is 4.18. The quantitative estimate of drug-likeness (QED) is 0.280. The van der Waals surface area contributed by atoms with Crippen molar-refractivity contribution in [1.29, 1.82) is 0 Å². The van der Waals surface area contributed by atoms with Crippen LogP contribution in [0, 0.1) is 0 Å². The molecule has 0 bridgehead atoms. The lowest BCUT2D eigenvalue weighted by molar-refractivity contribution is 0.0264. The van der Waals surface area contributed by atoms with E-state index >= 15 is 0 Å². The van der Waals surface area contributed by atoms with E-state index < -0.39 is 0 Å². The third kappa shape index (κ3) is 7.97. The summed E-state index contributed by atoms with van der Waals surface area (Å²) in [7, 11) is 1.88. The van der Waals surface area contributed by atoms with Gasteiger partial charge in [0.15, 0.2) is 5.96 Å². The fourth-order valence-electron chi connectivity index (χ4n) is 2.84. The lowest BCUT2D eigenvalue weighted by Crippen LogP contribution is -2.47. The number of nitrogens with zero attached hydrogens (tertiary/aromatic N) is 3. The molecule has 0 aromatic carbocycles. The topological polar surface area (TPSA) is 40.1 Å². The van der Waals surface area contributed by atoms with Crippen LogP contribution in [0.4, 0.5) is 0 Å². The molecule has 0 saturated carbocycles. The van der Waals surface area contributed by atoms with Gasteiger partial charge in [0.25, 0.3) is 0 Å². The van der Waals surface area contributed by atoms with Crippen molar-refractivity contribution in [2.45, 2.75) is 46.1 Å². The lowest BCUT2D eigenvalue weighted by Gasteiger charge is -2.34. The Morgan fingerprint density at radius 3 is 2.36 bits per heavy atom. The molecule has 5 nitrogen and oxygen atoms in total. The third-order valence-corrected chi connectivity index (χ3v) is 4.18. The molecule has 0 aliphatic carbocycles. The summed E-state index contributed by atoms with van der Waals surface area (Å²) >= 11 is 0. The van der Waals surface area contributed by atoms with Gasteiger partial charge in [-0.15, -0.1) is 24.0 Å².